The number of ether oxygens (including phenoxy) is 1. The van der Waals surface area contributed by atoms with E-state index in [0.717, 1.165) is 34.4 Å². The second kappa shape index (κ2) is 4.78. The van der Waals surface area contributed by atoms with Crippen molar-refractivity contribution in [3.8, 4) is 0 Å². The highest BCUT2D eigenvalue weighted by Gasteiger charge is 2.42. The molecule has 100 valence electrons. The van der Waals surface area contributed by atoms with E-state index in [-0.39, 0.29) is 0 Å². The van der Waals surface area contributed by atoms with Crippen LogP contribution in [0.2, 0.25) is 0 Å². The molecular formula is C15H16BrNO2. The second-order valence-corrected chi connectivity index (χ2v) is 5.88. The minimum Gasteiger partial charge on any atom is -0.468 e. The van der Waals surface area contributed by atoms with Crippen LogP contribution in [0.4, 0.5) is 0 Å². The van der Waals surface area contributed by atoms with E-state index in [1.165, 1.54) is 0 Å². The third kappa shape index (κ3) is 2.04. The summed E-state index contributed by atoms with van der Waals surface area (Å²) in [5, 5.41) is 0. The zero-order valence-electron chi connectivity index (χ0n) is 11.0. The standard InChI is InChI=1S/C15H16BrNO2/c1-17-9-14-13(7-8-19-14)15(10-17,18-2)11-3-5-12(16)6-4-11/h3-8H,9-10H2,1-2H3. The molecule has 2 heterocycles. The molecule has 0 saturated heterocycles. The normalized spacial score (nSPS) is 23.3. The number of furan rings is 1. The van der Waals surface area contributed by atoms with Crippen molar-refractivity contribution >= 4 is 15.9 Å². The first-order valence-corrected chi connectivity index (χ1v) is 7.01. The smallest absolute Gasteiger partial charge is 0.134 e. The van der Waals surface area contributed by atoms with E-state index in [1.54, 1.807) is 13.4 Å². The summed E-state index contributed by atoms with van der Waals surface area (Å²) in [7, 11) is 3.84. The third-order valence-corrected chi connectivity index (χ3v) is 4.27. The maximum Gasteiger partial charge on any atom is 0.134 e. The van der Waals surface area contributed by atoms with Crippen molar-refractivity contribution in [2.24, 2.45) is 0 Å². The first kappa shape index (κ1) is 12.9. The predicted octanol–water partition coefficient (Wildman–Crippen LogP) is 3.38. The lowest BCUT2D eigenvalue weighted by molar-refractivity contribution is -0.0187. The molecule has 1 aromatic heterocycles. The maximum atomic E-state index is 5.94. The van der Waals surface area contributed by atoms with Crippen molar-refractivity contribution in [1.29, 1.82) is 0 Å². The number of benzene rings is 1. The van der Waals surface area contributed by atoms with Crippen LogP contribution in [-0.4, -0.2) is 25.6 Å². The molecule has 0 saturated carbocycles. The van der Waals surface area contributed by atoms with Gasteiger partial charge in [0.25, 0.3) is 0 Å². The van der Waals surface area contributed by atoms with Crippen molar-refractivity contribution in [3.05, 3.63) is 58.0 Å². The average Bonchev–Trinajstić information content (AvgIpc) is 2.87. The van der Waals surface area contributed by atoms with E-state index in [1.807, 2.05) is 18.2 Å². The van der Waals surface area contributed by atoms with Crippen molar-refractivity contribution < 1.29 is 9.15 Å². The van der Waals surface area contributed by atoms with E-state index in [2.05, 4.69) is 40.0 Å². The Labute approximate surface area is 121 Å². The molecule has 0 N–H and O–H groups in total. The van der Waals surface area contributed by atoms with Gasteiger partial charge in [0.2, 0.25) is 0 Å². The van der Waals surface area contributed by atoms with Crippen LogP contribution in [0.5, 0.6) is 0 Å². The van der Waals surface area contributed by atoms with E-state index >= 15 is 0 Å². The summed E-state index contributed by atoms with van der Waals surface area (Å²) in [4.78, 5) is 2.22. The summed E-state index contributed by atoms with van der Waals surface area (Å²) in [5.74, 6) is 0.985. The summed E-state index contributed by atoms with van der Waals surface area (Å²) in [5.41, 5.74) is 1.83. The lowest BCUT2D eigenvalue weighted by atomic mass is 9.83. The molecule has 2 aromatic rings. The Morgan fingerprint density at radius 3 is 2.68 bits per heavy atom. The number of fused-ring (bicyclic) bond motifs is 1. The number of hydrogen-bond acceptors (Lipinski definition) is 3. The Morgan fingerprint density at radius 2 is 2.00 bits per heavy atom. The second-order valence-electron chi connectivity index (χ2n) is 4.97. The molecule has 0 radical (unpaired) electrons. The molecule has 0 fully saturated rings. The van der Waals surface area contributed by atoms with Gasteiger partial charge in [-0.3, -0.25) is 4.90 Å². The summed E-state index contributed by atoms with van der Waals surface area (Å²) >= 11 is 3.48. The fraction of sp³-hybridized carbons (Fsp3) is 0.333. The van der Waals surface area contributed by atoms with Crippen molar-refractivity contribution in [1.82, 2.24) is 4.90 Å². The van der Waals surface area contributed by atoms with E-state index in [9.17, 15) is 0 Å². The topological polar surface area (TPSA) is 25.6 Å². The highest BCUT2D eigenvalue weighted by atomic mass is 79.9. The van der Waals surface area contributed by atoms with Crippen LogP contribution in [0.15, 0.2) is 45.5 Å². The van der Waals surface area contributed by atoms with Crippen LogP contribution < -0.4 is 0 Å². The van der Waals surface area contributed by atoms with Crippen molar-refractivity contribution in [3.63, 3.8) is 0 Å². The van der Waals surface area contributed by atoms with Gasteiger partial charge in [-0.25, -0.2) is 0 Å². The minimum absolute atomic E-state index is 0.448. The quantitative estimate of drug-likeness (QED) is 0.848. The Bertz CT molecular complexity index is 578. The molecule has 3 rings (SSSR count). The first-order chi connectivity index (χ1) is 9.15. The fourth-order valence-corrected chi connectivity index (χ4v) is 3.11. The zero-order valence-corrected chi connectivity index (χ0v) is 12.6. The number of rotatable bonds is 2. The molecule has 0 amide bonds. The lowest BCUT2D eigenvalue weighted by Crippen LogP contribution is -2.45. The van der Waals surface area contributed by atoms with Gasteiger partial charge in [0.15, 0.2) is 0 Å². The highest BCUT2D eigenvalue weighted by Crippen LogP contribution is 2.40. The number of halogens is 1. The SMILES string of the molecule is COC1(c2ccc(Br)cc2)CN(C)Cc2occc21. The van der Waals surface area contributed by atoms with Crippen LogP contribution in [0.3, 0.4) is 0 Å². The zero-order chi connectivity index (χ0) is 13.5. The number of likely N-dealkylation sites (N-methyl/N-ethyl adjacent to an activating group) is 1. The molecule has 1 unspecified atom stereocenters. The van der Waals surface area contributed by atoms with Crippen molar-refractivity contribution in [2.45, 2.75) is 12.1 Å². The fourth-order valence-electron chi connectivity index (χ4n) is 2.85. The first-order valence-electron chi connectivity index (χ1n) is 6.22. The van der Waals surface area contributed by atoms with Crippen molar-refractivity contribution in [2.75, 3.05) is 20.7 Å². The summed E-state index contributed by atoms with van der Waals surface area (Å²) in [6, 6.07) is 10.3. The Kier molecular flexibility index (Phi) is 3.25. The Morgan fingerprint density at radius 1 is 1.26 bits per heavy atom. The maximum absolute atomic E-state index is 5.94. The summed E-state index contributed by atoms with van der Waals surface area (Å²) in [6.45, 7) is 1.64. The number of nitrogens with zero attached hydrogens (tertiary/aromatic N) is 1. The van der Waals surface area contributed by atoms with Gasteiger partial charge in [0.05, 0.1) is 12.8 Å². The Balaban J connectivity index is 2.16. The molecule has 0 spiro atoms. The van der Waals surface area contributed by atoms with Gasteiger partial charge in [-0.1, -0.05) is 28.1 Å². The molecular weight excluding hydrogens is 306 g/mol. The predicted molar refractivity (Wildman–Crippen MR) is 77.0 cm³/mol. The number of hydrogen-bond donors (Lipinski definition) is 0. The van der Waals surface area contributed by atoms with Crippen LogP contribution >= 0.6 is 15.9 Å². The van der Waals surface area contributed by atoms with Crippen LogP contribution in [0.1, 0.15) is 16.9 Å². The largest absolute Gasteiger partial charge is 0.468 e. The molecule has 0 bridgehead atoms. The molecule has 1 atom stereocenters. The van der Waals surface area contributed by atoms with E-state index < -0.39 is 5.60 Å². The molecule has 1 aromatic carbocycles. The van der Waals surface area contributed by atoms with Crippen LogP contribution in [0, 0.1) is 0 Å². The minimum atomic E-state index is -0.448. The Hall–Kier alpha value is -1.10. The van der Waals surface area contributed by atoms with Crippen LogP contribution in [0.25, 0.3) is 0 Å². The van der Waals surface area contributed by atoms with E-state index in [0.29, 0.717) is 0 Å². The van der Waals surface area contributed by atoms with Gasteiger partial charge in [-0.2, -0.15) is 0 Å². The monoisotopic (exact) mass is 321 g/mol. The van der Waals surface area contributed by atoms with Gasteiger partial charge < -0.3 is 9.15 Å². The van der Waals surface area contributed by atoms with Crippen LogP contribution in [-0.2, 0) is 16.9 Å². The molecule has 1 aliphatic heterocycles. The highest BCUT2D eigenvalue weighted by molar-refractivity contribution is 9.10. The van der Waals surface area contributed by atoms with Gasteiger partial charge in [-0.05, 0) is 30.8 Å². The lowest BCUT2D eigenvalue weighted by Gasteiger charge is -2.40. The number of methoxy groups -OCH3 is 1. The molecule has 4 heteroatoms. The molecule has 0 aliphatic carbocycles. The van der Waals surface area contributed by atoms with E-state index in [4.69, 9.17) is 9.15 Å². The van der Waals surface area contributed by atoms with Gasteiger partial charge in [0.1, 0.15) is 11.4 Å². The van der Waals surface area contributed by atoms with Gasteiger partial charge in [0, 0.05) is 23.7 Å². The molecule has 3 nitrogen and oxygen atoms in total. The molecule has 1 aliphatic rings. The van der Waals surface area contributed by atoms with Gasteiger partial charge in [-0.15, -0.1) is 0 Å². The third-order valence-electron chi connectivity index (χ3n) is 3.75. The average molecular weight is 322 g/mol. The molecule has 19 heavy (non-hydrogen) atoms. The van der Waals surface area contributed by atoms with Gasteiger partial charge >= 0.3 is 0 Å². The summed E-state index contributed by atoms with van der Waals surface area (Å²) < 4.78 is 12.6. The summed E-state index contributed by atoms with van der Waals surface area (Å²) in [6.07, 6.45) is 1.75.